The normalized spacial score (nSPS) is 19.0. The molecule has 0 N–H and O–H groups in total. The Balaban J connectivity index is 1.21. The molecule has 1 fully saturated rings. The molecule has 1 saturated heterocycles. The van der Waals surface area contributed by atoms with E-state index in [2.05, 4.69) is 84.4 Å². The molecule has 8 rings (SSSR count). The maximum absolute atomic E-state index is 12.2. The maximum atomic E-state index is 12.2. The van der Waals surface area contributed by atoms with Gasteiger partial charge in [-0.3, -0.25) is 0 Å². The zero-order valence-electron chi connectivity index (χ0n) is 34.1. The van der Waals surface area contributed by atoms with Gasteiger partial charge in [-0.2, -0.15) is 0 Å². The number of hydrogen-bond donors (Lipinski definition) is 0. The van der Waals surface area contributed by atoms with Crippen LogP contribution in [0.3, 0.4) is 0 Å². The van der Waals surface area contributed by atoms with Gasteiger partial charge in [-0.1, -0.05) is 152 Å². The van der Waals surface area contributed by atoms with Crippen LogP contribution in [0.25, 0.3) is 10.9 Å². The number of benzene rings is 6. The third kappa shape index (κ3) is 9.93. The molecule has 0 amide bonds. The molecular weight excluding hydrogens is 751 g/mol. The van der Waals surface area contributed by atoms with Gasteiger partial charge in [0.25, 0.3) is 0 Å². The Bertz CT molecular complexity index is 2400. The van der Waals surface area contributed by atoms with Crippen molar-refractivity contribution >= 4 is 16.9 Å². The van der Waals surface area contributed by atoms with Crippen LogP contribution in [-0.4, -0.2) is 48.7 Å². The Morgan fingerprint density at radius 1 is 0.567 bits per heavy atom. The minimum atomic E-state index is -0.584. The molecule has 0 radical (unpaired) electrons. The second-order valence-electron chi connectivity index (χ2n) is 15.3. The van der Waals surface area contributed by atoms with Crippen LogP contribution in [0.4, 0.5) is 0 Å². The quantitative estimate of drug-likeness (QED) is 0.0849. The number of rotatable bonds is 17. The summed E-state index contributed by atoms with van der Waals surface area (Å²) >= 11 is 0. The molecule has 8 heteroatoms. The van der Waals surface area contributed by atoms with Crippen LogP contribution in [0.2, 0.25) is 0 Å². The lowest BCUT2D eigenvalue weighted by molar-refractivity contribution is -0.274. The SMILES string of the molecule is COC(=O)c1ccc(Cn2cc([C@@H]3O[C@H](COCc4ccccc4)[C@@H](OCc4ccccc4)[C@H](OCc4ccccc4)[C@H]3OCc3ccccc3)c3cccc(C)c32)cc1. The lowest BCUT2D eigenvalue weighted by atomic mass is 9.90. The van der Waals surface area contributed by atoms with Gasteiger partial charge in [-0.15, -0.1) is 0 Å². The molecule has 1 aliphatic heterocycles. The molecule has 1 aliphatic rings. The van der Waals surface area contributed by atoms with Crippen molar-refractivity contribution in [1.82, 2.24) is 4.57 Å². The van der Waals surface area contributed by atoms with Crippen LogP contribution in [0, 0.1) is 6.92 Å². The van der Waals surface area contributed by atoms with Crippen molar-refractivity contribution in [2.24, 2.45) is 0 Å². The van der Waals surface area contributed by atoms with Crippen LogP contribution in [0.15, 0.2) is 170 Å². The molecule has 0 spiro atoms. The summed E-state index contributed by atoms with van der Waals surface area (Å²) in [4.78, 5) is 12.2. The molecule has 1 aromatic heterocycles. The van der Waals surface area contributed by atoms with Gasteiger partial charge in [0.15, 0.2) is 0 Å². The van der Waals surface area contributed by atoms with E-state index in [-0.39, 0.29) is 12.6 Å². The number of fused-ring (bicyclic) bond motifs is 1. The number of hydrogen-bond acceptors (Lipinski definition) is 7. The van der Waals surface area contributed by atoms with E-state index < -0.39 is 30.5 Å². The van der Waals surface area contributed by atoms with E-state index in [0.717, 1.165) is 49.8 Å². The second-order valence-corrected chi connectivity index (χ2v) is 15.3. The van der Waals surface area contributed by atoms with Gasteiger partial charge in [0.2, 0.25) is 0 Å². The first kappa shape index (κ1) is 40.9. The Morgan fingerprint density at radius 2 is 1.08 bits per heavy atom. The summed E-state index contributed by atoms with van der Waals surface area (Å²) in [6.07, 6.45) is -0.589. The van der Waals surface area contributed by atoms with Crippen molar-refractivity contribution in [3.05, 3.63) is 214 Å². The summed E-state index contributed by atoms with van der Waals surface area (Å²) in [5.41, 5.74) is 8.98. The molecular formula is C52H51NO7. The zero-order valence-corrected chi connectivity index (χ0v) is 34.1. The first-order valence-electron chi connectivity index (χ1n) is 20.5. The largest absolute Gasteiger partial charge is 0.465 e. The number of carbonyl (C=O) groups is 1. The van der Waals surface area contributed by atoms with Gasteiger partial charge in [-0.25, -0.2) is 4.79 Å². The van der Waals surface area contributed by atoms with Crippen LogP contribution in [0.5, 0.6) is 0 Å². The molecule has 6 aromatic carbocycles. The summed E-state index contributed by atoms with van der Waals surface area (Å²) in [5, 5.41) is 1.06. The highest BCUT2D eigenvalue weighted by Gasteiger charge is 2.49. The van der Waals surface area contributed by atoms with Gasteiger partial charge >= 0.3 is 5.97 Å². The molecule has 60 heavy (non-hydrogen) atoms. The Hall–Kier alpha value is -5.87. The third-order valence-corrected chi connectivity index (χ3v) is 11.0. The number of aryl methyl sites for hydroxylation is 1. The van der Waals surface area contributed by atoms with Gasteiger partial charge in [0, 0.05) is 23.7 Å². The smallest absolute Gasteiger partial charge is 0.337 e. The molecule has 7 aromatic rings. The first-order valence-corrected chi connectivity index (χ1v) is 20.5. The van der Waals surface area contributed by atoms with Crippen molar-refractivity contribution in [1.29, 1.82) is 0 Å². The number of para-hydroxylation sites is 1. The summed E-state index contributed by atoms with van der Waals surface area (Å²) in [6, 6.07) is 54.7. The van der Waals surface area contributed by atoms with E-state index in [1.165, 1.54) is 7.11 Å². The average Bonchev–Trinajstić information content (AvgIpc) is 3.67. The fourth-order valence-electron chi connectivity index (χ4n) is 8.03. The minimum absolute atomic E-state index is 0.270. The van der Waals surface area contributed by atoms with Crippen molar-refractivity contribution in [2.45, 2.75) is 70.4 Å². The molecule has 0 aliphatic carbocycles. The number of esters is 1. The van der Waals surface area contributed by atoms with Crippen molar-refractivity contribution < 1.29 is 33.2 Å². The van der Waals surface area contributed by atoms with E-state index in [4.69, 9.17) is 28.4 Å². The van der Waals surface area contributed by atoms with Crippen LogP contribution < -0.4 is 0 Å². The van der Waals surface area contributed by atoms with Gasteiger partial charge in [0.05, 0.1) is 51.2 Å². The second kappa shape index (κ2) is 19.9. The standard InChI is InChI=1S/C52H51NO7/c1-37-16-15-25-44-45(31-53(47(37)44)30-38-26-28-43(29-27-38)52(54)55-2)48-50(58-34-41-21-11-5-12-22-41)51(59-35-42-23-13-6-14-24-42)49(57-33-40-19-9-4-10-20-40)46(60-48)36-56-32-39-17-7-3-8-18-39/h3-29,31,46,48-51H,30,32-36H2,1-2H3/t46-,48+,49-,50+,51+/m1/s1. The molecule has 2 heterocycles. The predicted octanol–water partition coefficient (Wildman–Crippen LogP) is 10.2. The predicted molar refractivity (Wildman–Crippen MR) is 232 cm³/mol. The number of carbonyl (C=O) groups excluding carboxylic acids is 1. The fraction of sp³-hybridized carbons (Fsp3) is 0.250. The number of nitrogens with zero attached hydrogens (tertiary/aromatic N) is 1. The summed E-state index contributed by atoms with van der Waals surface area (Å²) < 4.78 is 42.1. The number of methoxy groups -OCH3 is 1. The van der Waals surface area contributed by atoms with E-state index in [1.807, 2.05) is 97.1 Å². The first-order chi connectivity index (χ1) is 29.5. The molecule has 8 nitrogen and oxygen atoms in total. The van der Waals surface area contributed by atoms with Crippen LogP contribution in [0.1, 0.15) is 55.4 Å². The van der Waals surface area contributed by atoms with Gasteiger partial charge in [0.1, 0.15) is 30.5 Å². The van der Waals surface area contributed by atoms with Crippen LogP contribution >= 0.6 is 0 Å². The molecule has 306 valence electrons. The van der Waals surface area contributed by atoms with E-state index >= 15 is 0 Å². The van der Waals surface area contributed by atoms with E-state index in [9.17, 15) is 4.79 Å². The summed E-state index contributed by atoms with van der Waals surface area (Å²) in [5.74, 6) is -0.362. The van der Waals surface area contributed by atoms with Gasteiger partial charge < -0.3 is 33.0 Å². The Morgan fingerprint density at radius 3 is 1.63 bits per heavy atom. The number of aromatic nitrogens is 1. The molecule has 0 bridgehead atoms. The highest BCUT2D eigenvalue weighted by atomic mass is 16.6. The van der Waals surface area contributed by atoms with Crippen molar-refractivity contribution in [3.8, 4) is 0 Å². The van der Waals surface area contributed by atoms with Crippen LogP contribution in [-0.2, 0) is 61.4 Å². The number of ether oxygens (including phenoxy) is 6. The highest BCUT2D eigenvalue weighted by molar-refractivity contribution is 5.89. The Labute approximate surface area is 352 Å². The zero-order chi connectivity index (χ0) is 41.1. The van der Waals surface area contributed by atoms with Gasteiger partial charge in [-0.05, 0) is 52.4 Å². The lowest BCUT2D eigenvalue weighted by Crippen LogP contribution is -2.58. The van der Waals surface area contributed by atoms with Crippen molar-refractivity contribution in [2.75, 3.05) is 13.7 Å². The summed E-state index contributed by atoms with van der Waals surface area (Å²) in [7, 11) is 1.39. The highest BCUT2D eigenvalue weighted by Crippen LogP contribution is 2.42. The van der Waals surface area contributed by atoms with E-state index in [1.54, 1.807) is 0 Å². The molecule has 0 unspecified atom stereocenters. The maximum Gasteiger partial charge on any atom is 0.337 e. The van der Waals surface area contributed by atoms with Crippen molar-refractivity contribution in [3.63, 3.8) is 0 Å². The topological polar surface area (TPSA) is 77.4 Å². The molecule has 0 saturated carbocycles. The Kier molecular flexibility index (Phi) is 13.6. The third-order valence-electron chi connectivity index (χ3n) is 11.0. The monoisotopic (exact) mass is 801 g/mol. The molecule has 5 atom stereocenters. The van der Waals surface area contributed by atoms with E-state index in [0.29, 0.717) is 38.5 Å². The minimum Gasteiger partial charge on any atom is -0.465 e. The average molecular weight is 802 g/mol. The lowest BCUT2D eigenvalue weighted by Gasteiger charge is -2.46. The fourth-order valence-corrected chi connectivity index (χ4v) is 8.03. The summed E-state index contributed by atoms with van der Waals surface area (Å²) in [6.45, 7) is 4.47.